The van der Waals surface area contributed by atoms with Gasteiger partial charge in [0.25, 0.3) is 0 Å². The predicted molar refractivity (Wildman–Crippen MR) is 102 cm³/mol. The first-order valence-corrected chi connectivity index (χ1v) is 10.6. The lowest BCUT2D eigenvalue weighted by Crippen LogP contribution is -2.14. The Morgan fingerprint density at radius 2 is 1.58 bits per heavy atom. The van der Waals surface area contributed by atoms with Crippen molar-refractivity contribution in [2.75, 3.05) is 0 Å². The molecule has 0 heterocycles. The normalized spacial score (nSPS) is 18.6. The molecule has 2 aromatic carbocycles. The molecule has 0 bridgehead atoms. The monoisotopic (exact) mass is 391 g/mol. The van der Waals surface area contributed by atoms with Gasteiger partial charge in [-0.15, -0.1) is 0 Å². The number of nitrogens with two attached hydrogens (primary N) is 1. The molecule has 2 aliphatic carbocycles. The van der Waals surface area contributed by atoms with Crippen LogP contribution in [0.4, 0.5) is 4.39 Å². The van der Waals surface area contributed by atoms with Crippen LogP contribution in [0.5, 0.6) is 0 Å². The van der Waals surface area contributed by atoms with Crippen molar-refractivity contribution < 1.29 is 12.8 Å². The summed E-state index contributed by atoms with van der Waals surface area (Å²) in [4.78, 5) is 0. The Hall–Kier alpha value is -1.69. The van der Waals surface area contributed by atoms with Crippen molar-refractivity contribution in [1.82, 2.24) is 0 Å². The van der Waals surface area contributed by atoms with Crippen LogP contribution in [0.1, 0.15) is 42.4 Å². The average Bonchev–Trinajstić information content (AvgIpc) is 3.21. The van der Waals surface area contributed by atoms with Crippen molar-refractivity contribution in [3.63, 3.8) is 0 Å². The maximum Gasteiger partial charge on any atom is 0.213 e. The number of hydrogen-bond donors (Lipinski definition) is 1. The van der Waals surface area contributed by atoms with Gasteiger partial charge in [-0.3, -0.25) is 0 Å². The van der Waals surface area contributed by atoms with Gasteiger partial charge in [0.2, 0.25) is 10.0 Å². The summed E-state index contributed by atoms with van der Waals surface area (Å²) in [5, 5.41) is 5.24. The molecular weight excluding hydrogens is 373 g/mol. The molecule has 0 aromatic heterocycles. The first kappa shape index (κ1) is 17.7. The highest BCUT2D eigenvalue weighted by Crippen LogP contribution is 2.63. The number of rotatable bonds is 4. The number of halogens is 2. The van der Waals surface area contributed by atoms with Crippen molar-refractivity contribution in [2.24, 2.45) is 10.6 Å². The van der Waals surface area contributed by atoms with Crippen LogP contribution in [0.3, 0.4) is 0 Å². The molecule has 0 saturated heterocycles. The maximum atomic E-state index is 14.0. The largest absolute Gasteiger partial charge is 0.228 e. The van der Waals surface area contributed by atoms with E-state index >= 15 is 0 Å². The molecule has 2 aromatic rings. The summed E-state index contributed by atoms with van der Waals surface area (Å²) in [6.45, 7) is 0. The lowest BCUT2D eigenvalue weighted by Gasteiger charge is -2.10. The Balaban J connectivity index is 1.72. The second-order valence-corrected chi connectivity index (χ2v) is 9.47. The van der Waals surface area contributed by atoms with Gasteiger partial charge in [-0.1, -0.05) is 41.9 Å². The third-order valence-electron chi connectivity index (χ3n) is 5.36. The first-order chi connectivity index (χ1) is 12.2. The molecule has 1 fully saturated rings. The summed E-state index contributed by atoms with van der Waals surface area (Å²) in [5.74, 6) is -0.581. The molecule has 4 rings (SSSR count). The highest BCUT2D eigenvalue weighted by molar-refractivity contribution is 7.88. The van der Waals surface area contributed by atoms with Crippen molar-refractivity contribution in [3.8, 4) is 0 Å². The summed E-state index contributed by atoms with van der Waals surface area (Å²) in [7, 11) is -3.55. The number of sulfonamides is 1. The fraction of sp³-hybridized carbons (Fsp3) is 0.300. The van der Waals surface area contributed by atoms with E-state index in [1.54, 1.807) is 18.2 Å². The van der Waals surface area contributed by atoms with Crippen LogP contribution in [0, 0.1) is 11.2 Å². The van der Waals surface area contributed by atoms with E-state index in [1.165, 1.54) is 24.5 Å². The molecule has 136 valence electrons. The molecule has 0 radical (unpaired) electrons. The molecule has 2 N–H and O–H groups in total. The topological polar surface area (TPSA) is 60.2 Å². The molecular formula is C20H19ClFNO2S. The number of hydrogen-bond acceptors (Lipinski definition) is 2. The Bertz CT molecular complexity index is 1010. The molecule has 3 nitrogen and oxygen atoms in total. The fourth-order valence-electron chi connectivity index (χ4n) is 3.83. The van der Waals surface area contributed by atoms with Gasteiger partial charge in [0.05, 0.1) is 10.8 Å². The highest BCUT2D eigenvalue weighted by atomic mass is 35.5. The predicted octanol–water partition coefficient (Wildman–Crippen LogP) is 4.75. The molecule has 2 aliphatic rings. The minimum Gasteiger partial charge on any atom is -0.228 e. The van der Waals surface area contributed by atoms with Crippen LogP contribution in [0.15, 0.2) is 42.5 Å². The number of benzene rings is 2. The first-order valence-electron chi connectivity index (χ1n) is 8.52. The molecule has 26 heavy (non-hydrogen) atoms. The second-order valence-electron chi connectivity index (χ2n) is 7.44. The smallest absolute Gasteiger partial charge is 0.213 e. The van der Waals surface area contributed by atoms with Crippen molar-refractivity contribution in [2.45, 2.75) is 31.4 Å². The van der Waals surface area contributed by atoms with Crippen molar-refractivity contribution in [1.29, 1.82) is 0 Å². The van der Waals surface area contributed by atoms with Crippen LogP contribution < -0.4 is 5.14 Å². The van der Waals surface area contributed by atoms with Gasteiger partial charge < -0.3 is 0 Å². The average molecular weight is 392 g/mol. The highest BCUT2D eigenvalue weighted by Gasteiger charge is 2.48. The Labute approximate surface area is 157 Å². The Morgan fingerprint density at radius 1 is 1.00 bits per heavy atom. The van der Waals surface area contributed by atoms with Gasteiger partial charge in [-0.2, -0.15) is 0 Å². The van der Waals surface area contributed by atoms with Gasteiger partial charge in [0, 0.05) is 0 Å². The quantitative estimate of drug-likeness (QED) is 0.817. The molecule has 1 saturated carbocycles. The zero-order valence-electron chi connectivity index (χ0n) is 14.1. The van der Waals surface area contributed by atoms with E-state index in [1.807, 2.05) is 18.2 Å². The van der Waals surface area contributed by atoms with Gasteiger partial charge in [0.15, 0.2) is 0 Å². The number of primary sulfonamides is 1. The van der Waals surface area contributed by atoms with Crippen LogP contribution in [-0.4, -0.2) is 8.42 Å². The molecule has 0 amide bonds. The minimum atomic E-state index is -3.55. The summed E-state index contributed by atoms with van der Waals surface area (Å²) in [5.41, 5.74) is 5.29. The second kappa shape index (κ2) is 6.19. The van der Waals surface area contributed by atoms with Crippen LogP contribution in [0.25, 0.3) is 11.1 Å². The molecule has 1 spiro atoms. The minimum absolute atomic E-state index is 0.127. The van der Waals surface area contributed by atoms with Crippen molar-refractivity contribution in [3.05, 3.63) is 70.0 Å². The maximum absolute atomic E-state index is 14.0. The van der Waals surface area contributed by atoms with Crippen LogP contribution in [0.2, 0.25) is 5.02 Å². The van der Waals surface area contributed by atoms with E-state index in [9.17, 15) is 12.8 Å². The van der Waals surface area contributed by atoms with E-state index in [4.69, 9.17) is 16.7 Å². The zero-order valence-corrected chi connectivity index (χ0v) is 15.7. The van der Waals surface area contributed by atoms with E-state index in [0.29, 0.717) is 11.0 Å². The Morgan fingerprint density at radius 3 is 2.12 bits per heavy atom. The SMILES string of the molecule is NS(=O)(=O)Cc1ccc(C2=C(c3ccc(Cl)c(F)c3)CC3(CC3)C2)cc1. The summed E-state index contributed by atoms with van der Waals surface area (Å²) < 4.78 is 36.5. The van der Waals surface area contributed by atoms with E-state index < -0.39 is 15.8 Å². The van der Waals surface area contributed by atoms with Gasteiger partial charge in [-0.05, 0) is 71.1 Å². The van der Waals surface area contributed by atoms with Crippen LogP contribution in [-0.2, 0) is 15.8 Å². The third kappa shape index (κ3) is 3.56. The molecule has 0 unspecified atom stereocenters. The summed E-state index contributed by atoms with van der Waals surface area (Å²) in [6.07, 6.45) is 4.31. The third-order valence-corrected chi connectivity index (χ3v) is 6.41. The zero-order chi connectivity index (χ0) is 18.5. The lowest BCUT2D eigenvalue weighted by molar-refractivity contribution is 0.568. The Kier molecular flexibility index (Phi) is 4.21. The number of allylic oxidation sites excluding steroid dienone is 2. The van der Waals surface area contributed by atoms with Gasteiger partial charge >= 0.3 is 0 Å². The van der Waals surface area contributed by atoms with E-state index in [2.05, 4.69) is 0 Å². The van der Waals surface area contributed by atoms with Gasteiger partial charge in [0.1, 0.15) is 5.82 Å². The fourth-order valence-corrected chi connectivity index (χ4v) is 4.60. The van der Waals surface area contributed by atoms with E-state index in [-0.39, 0.29) is 10.8 Å². The molecule has 6 heteroatoms. The summed E-state index contributed by atoms with van der Waals surface area (Å²) in [6, 6.07) is 12.4. The molecule has 0 aliphatic heterocycles. The lowest BCUT2D eigenvalue weighted by atomic mass is 9.96. The van der Waals surface area contributed by atoms with E-state index in [0.717, 1.165) is 29.5 Å². The van der Waals surface area contributed by atoms with Gasteiger partial charge in [-0.25, -0.2) is 17.9 Å². The standard InChI is InChI=1S/C20H19ClFNO2S/c21-18-6-5-15(9-19(18)22)17-11-20(7-8-20)10-16(17)14-3-1-13(2-4-14)12-26(23,24)25/h1-6,9H,7-8,10-12H2,(H2,23,24,25). The summed E-state index contributed by atoms with van der Waals surface area (Å²) >= 11 is 5.83. The van der Waals surface area contributed by atoms with Crippen LogP contribution >= 0.6 is 11.6 Å². The molecule has 0 atom stereocenters. The van der Waals surface area contributed by atoms with Crippen molar-refractivity contribution >= 4 is 32.8 Å².